The van der Waals surface area contributed by atoms with Crippen molar-refractivity contribution in [1.29, 1.82) is 0 Å². The van der Waals surface area contributed by atoms with Crippen molar-refractivity contribution >= 4 is 11.3 Å². The van der Waals surface area contributed by atoms with Crippen LogP contribution in [0, 0.1) is 5.92 Å². The lowest BCUT2D eigenvalue weighted by Crippen LogP contribution is -2.04. The SMILES string of the molecule is CNc1cccc2cnc(CC(C)C)n12. The van der Waals surface area contributed by atoms with E-state index < -0.39 is 0 Å². The van der Waals surface area contributed by atoms with Crippen LogP contribution in [0.25, 0.3) is 5.52 Å². The summed E-state index contributed by atoms with van der Waals surface area (Å²) >= 11 is 0. The predicted octanol–water partition coefficient (Wildman–Crippen LogP) is 2.57. The van der Waals surface area contributed by atoms with E-state index in [4.69, 9.17) is 0 Å². The van der Waals surface area contributed by atoms with Crippen molar-refractivity contribution in [1.82, 2.24) is 9.38 Å². The third-order valence-electron chi connectivity index (χ3n) is 2.47. The lowest BCUT2D eigenvalue weighted by molar-refractivity contribution is 0.620. The van der Waals surface area contributed by atoms with Gasteiger partial charge in [0.1, 0.15) is 11.6 Å². The number of nitrogens with one attached hydrogen (secondary N) is 1. The molecule has 0 aliphatic carbocycles. The van der Waals surface area contributed by atoms with E-state index in [2.05, 4.69) is 40.7 Å². The van der Waals surface area contributed by atoms with Gasteiger partial charge in [0, 0.05) is 13.5 Å². The summed E-state index contributed by atoms with van der Waals surface area (Å²) in [6.45, 7) is 4.42. The molecule has 1 N–H and O–H groups in total. The number of anilines is 1. The number of rotatable bonds is 3. The van der Waals surface area contributed by atoms with E-state index in [1.807, 2.05) is 19.3 Å². The van der Waals surface area contributed by atoms with E-state index in [-0.39, 0.29) is 0 Å². The van der Waals surface area contributed by atoms with Gasteiger partial charge < -0.3 is 5.32 Å². The molecule has 0 saturated carbocycles. The molecule has 3 nitrogen and oxygen atoms in total. The summed E-state index contributed by atoms with van der Waals surface area (Å²) in [6.07, 6.45) is 2.94. The van der Waals surface area contributed by atoms with Crippen LogP contribution in [-0.2, 0) is 6.42 Å². The summed E-state index contributed by atoms with van der Waals surface area (Å²) in [7, 11) is 1.94. The standard InChI is InChI=1S/C12H17N3/c1-9(2)7-12-14-8-10-5-4-6-11(13-3)15(10)12/h4-6,8-9,13H,7H2,1-3H3. The summed E-state index contributed by atoms with van der Waals surface area (Å²) in [4.78, 5) is 4.47. The van der Waals surface area contributed by atoms with Crippen molar-refractivity contribution < 1.29 is 0 Å². The normalized spacial score (nSPS) is 11.2. The Labute approximate surface area is 90.1 Å². The van der Waals surface area contributed by atoms with Gasteiger partial charge in [-0.3, -0.25) is 4.40 Å². The van der Waals surface area contributed by atoms with E-state index in [0.717, 1.165) is 23.6 Å². The van der Waals surface area contributed by atoms with Crippen LogP contribution < -0.4 is 5.32 Å². The minimum absolute atomic E-state index is 0.625. The van der Waals surface area contributed by atoms with Gasteiger partial charge in [0.25, 0.3) is 0 Å². The maximum Gasteiger partial charge on any atom is 0.115 e. The van der Waals surface area contributed by atoms with Crippen LogP contribution in [0.1, 0.15) is 19.7 Å². The van der Waals surface area contributed by atoms with E-state index in [9.17, 15) is 0 Å². The van der Waals surface area contributed by atoms with E-state index >= 15 is 0 Å². The van der Waals surface area contributed by atoms with Gasteiger partial charge in [-0.2, -0.15) is 0 Å². The molecule has 0 saturated heterocycles. The largest absolute Gasteiger partial charge is 0.374 e. The lowest BCUT2D eigenvalue weighted by atomic mass is 10.1. The van der Waals surface area contributed by atoms with Crippen molar-refractivity contribution in [3.63, 3.8) is 0 Å². The summed E-state index contributed by atoms with van der Waals surface area (Å²) in [5.41, 5.74) is 1.15. The Morgan fingerprint density at radius 2 is 2.20 bits per heavy atom. The van der Waals surface area contributed by atoms with Crippen LogP contribution in [0.4, 0.5) is 5.82 Å². The minimum Gasteiger partial charge on any atom is -0.374 e. The van der Waals surface area contributed by atoms with Gasteiger partial charge in [0.2, 0.25) is 0 Å². The molecule has 15 heavy (non-hydrogen) atoms. The zero-order valence-corrected chi connectivity index (χ0v) is 9.49. The molecule has 0 aromatic carbocycles. The third-order valence-corrected chi connectivity index (χ3v) is 2.47. The molecular formula is C12H17N3. The molecule has 80 valence electrons. The van der Waals surface area contributed by atoms with E-state index in [1.54, 1.807) is 0 Å². The first kappa shape index (κ1) is 10.0. The number of hydrogen-bond donors (Lipinski definition) is 1. The van der Waals surface area contributed by atoms with Crippen molar-refractivity contribution in [2.24, 2.45) is 5.92 Å². The predicted molar refractivity (Wildman–Crippen MR) is 63.3 cm³/mol. The minimum atomic E-state index is 0.625. The van der Waals surface area contributed by atoms with Crippen LogP contribution >= 0.6 is 0 Å². The van der Waals surface area contributed by atoms with Gasteiger partial charge in [0.15, 0.2) is 0 Å². The molecule has 0 aliphatic rings. The summed E-state index contributed by atoms with van der Waals surface area (Å²) < 4.78 is 2.18. The Morgan fingerprint density at radius 3 is 2.87 bits per heavy atom. The third kappa shape index (κ3) is 1.82. The molecule has 0 bridgehead atoms. The average molecular weight is 203 g/mol. The van der Waals surface area contributed by atoms with Crippen LogP contribution in [0.15, 0.2) is 24.4 Å². The van der Waals surface area contributed by atoms with Gasteiger partial charge in [0.05, 0.1) is 11.7 Å². The monoisotopic (exact) mass is 203 g/mol. The van der Waals surface area contributed by atoms with Crippen LogP contribution in [0.5, 0.6) is 0 Å². The maximum atomic E-state index is 4.47. The number of pyridine rings is 1. The van der Waals surface area contributed by atoms with Gasteiger partial charge in [-0.15, -0.1) is 0 Å². The van der Waals surface area contributed by atoms with Gasteiger partial charge in [-0.05, 0) is 18.1 Å². The van der Waals surface area contributed by atoms with Gasteiger partial charge in [-0.25, -0.2) is 4.98 Å². The molecule has 0 aliphatic heterocycles. The van der Waals surface area contributed by atoms with Crippen molar-refractivity contribution in [2.45, 2.75) is 20.3 Å². The first-order valence-electron chi connectivity index (χ1n) is 5.35. The molecule has 0 fully saturated rings. The molecule has 0 radical (unpaired) electrons. The average Bonchev–Trinajstić information content (AvgIpc) is 2.61. The number of imidazole rings is 1. The Kier molecular flexibility index (Phi) is 2.62. The highest BCUT2D eigenvalue weighted by Crippen LogP contribution is 2.16. The highest BCUT2D eigenvalue weighted by atomic mass is 15.1. The fourth-order valence-corrected chi connectivity index (χ4v) is 1.82. The zero-order chi connectivity index (χ0) is 10.8. The lowest BCUT2D eigenvalue weighted by Gasteiger charge is -2.09. The fraction of sp³-hybridized carbons (Fsp3) is 0.417. The molecule has 2 heterocycles. The molecule has 2 aromatic heterocycles. The van der Waals surface area contributed by atoms with Crippen molar-refractivity contribution in [3.05, 3.63) is 30.2 Å². The van der Waals surface area contributed by atoms with Crippen LogP contribution in [0.3, 0.4) is 0 Å². The Hall–Kier alpha value is -1.51. The van der Waals surface area contributed by atoms with E-state index in [1.165, 1.54) is 0 Å². The highest BCUT2D eigenvalue weighted by molar-refractivity contribution is 5.54. The van der Waals surface area contributed by atoms with Crippen molar-refractivity contribution in [2.75, 3.05) is 12.4 Å². The second-order valence-electron chi connectivity index (χ2n) is 4.19. The summed E-state index contributed by atoms with van der Waals surface area (Å²) in [5.74, 6) is 2.85. The number of aromatic nitrogens is 2. The Balaban J connectivity index is 2.55. The number of nitrogens with zero attached hydrogens (tertiary/aromatic N) is 2. The van der Waals surface area contributed by atoms with Gasteiger partial charge in [-0.1, -0.05) is 19.9 Å². The smallest absolute Gasteiger partial charge is 0.115 e. The molecule has 0 unspecified atom stereocenters. The van der Waals surface area contributed by atoms with E-state index in [0.29, 0.717) is 5.92 Å². The second-order valence-corrected chi connectivity index (χ2v) is 4.19. The molecule has 0 atom stereocenters. The summed E-state index contributed by atoms with van der Waals surface area (Å²) in [5, 5.41) is 3.19. The first-order chi connectivity index (χ1) is 7.22. The number of hydrogen-bond acceptors (Lipinski definition) is 2. The Morgan fingerprint density at radius 1 is 1.40 bits per heavy atom. The molecule has 0 amide bonds. The quantitative estimate of drug-likeness (QED) is 0.830. The molecule has 2 aromatic rings. The first-order valence-corrected chi connectivity index (χ1v) is 5.35. The second kappa shape index (κ2) is 3.93. The summed E-state index contributed by atoms with van der Waals surface area (Å²) in [6, 6.07) is 6.19. The highest BCUT2D eigenvalue weighted by Gasteiger charge is 2.07. The molecule has 2 rings (SSSR count). The molecule has 0 spiro atoms. The topological polar surface area (TPSA) is 29.3 Å². The zero-order valence-electron chi connectivity index (χ0n) is 9.49. The maximum absolute atomic E-state index is 4.47. The Bertz CT molecular complexity index is 457. The number of fused-ring (bicyclic) bond motifs is 1. The van der Waals surface area contributed by atoms with Gasteiger partial charge >= 0.3 is 0 Å². The molecular weight excluding hydrogens is 186 g/mol. The van der Waals surface area contributed by atoms with Crippen molar-refractivity contribution in [3.8, 4) is 0 Å². The molecule has 3 heteroatoms. The van der Waals surface area contributed by atoms with Crippen LogP contribution in [0.2, 0.25) is 0 Å². The fourth-order valence-electron chi connectivity index (χ4n) is 1.82. The van der Waals surface area contributed by atoms with Crippen LogP contribution in [-0.4, -0.2) is 16.4 Å².